The molecule has 0 saturated carbocycles. The molecule has 8 heteroatoms. The lowest BCUT2D eigenvalue weighted by Gasteiger charge is -2.43. The van der Waals surface area contributed by atoms with E-state index in [0.29, 0.717) is 17.1 Å². The number of nitrogens with zero attached hydrogens (tertiary/aromatic N) is 2. The molecule has 230 valence electrons. The summed E-state index contributed by atoms with van der Waals surface area (Å²) in [5, 5.41) is 10.7. The highest BCUT2D eigenvalue weighted by molar-refractivity contribution is 7.95. The molecule has 0 spiro atoms. The topological polar surface area (TPSA) is 99.1 Å². The minimum atomic E-state index is -3.80. The Morgan fingerprint density at radius 3 is 2.16 bits per heavy atom. The standard InChI is InChI=1S/C37H37N3O4S/c1-36(2)18-19-37(3,4)30-23-33-28(22-29(30)36)34(25-11-13-26(14-12-25)35(41)42)38-31-21-27(15-16-32(31)40(33)5)39-45(43,44)20-17-24-9-7-6-8-10-24/h6-17,20-23,39H,18-19H2,1-5H3,(H,41,42)/b20-17+. The summed E-state index contributed by atoms with van der Waals surface area (Å²) in [5.74, 6) is -0.994. The molecule has 2 aliphatic rings. The third-order valence-corrected chi connectivity index (χ3v) is 10.1. The van der Waals surface area contributed by atoms with Crippen LogP contribution in [0.15, 0.2) is 95.3 Å². The van der Waals surface area contributed by atoms with Gasteiger partial charge >= 0.3 is 5.97 Å². The van der Waals surface area contributed by atoms with Crippen LogP contribution in [0.4, 0.5) is 22.7 Å². The smallest absolute Gasteiger partial charge is 0.335 e. The van der Waals surface area contributed by atoms with E-state index in [1.807, 2.05) is 43.4 Å². The molecule has 45 heavy (non-hydrogen) atoms. The lowest BCUT2D eigenvalue weighted by molar-refractivity contribution is 0.0697. The predicted octanol–water partition coefficient (Wildman–Crippen LogP) is 8.40. The Kier molecular flexibility index (Phi) is 7.44. The fourth-order valence-corrected chi connectivity index (χ4v) is 7.12. The summed E-state index contributed by atoms with van der Waals surface area (Å²) in [5.41, 5.74) is 8.71. The monoisotopic (exact) mass is 619 g/mol. The minimum absolute atomic E-state index is 0.00823. The number of rotatable bonds is 6. The SMILES string of the molecule is CN1c2ccc(NS(=O)(=O)/C=C/c3ccccc3)cc2N=C(c2ccc(C(=O)O)cc2)c2cc3c(cc21)C(C)(C)CCC3(C)C. The van der Waals surface area contributed by atoms with E-state index in [0.717, 1.165) is 46.3 Å². The summed E-state index contributed by atoms with van der Waals surface area (Å²) in [4.78, 5) is 18.9. The molecule has 7 nitrogen and oxygen atoms in total. The van der Waals surface area contributed by atoms with Crippen LogP contribution in [0, 0.1) is 0 Å². The lowest BCUT2D eigenvalue weighted by Crippen LogP contribution is -2.34. The van der Waals surface area contributed by atoms with Crippen molar-refractivity contribution in [1.82, 2.24) is 0 Å². The molecule has 4 aromatic carbocycles. The van der Waals surface area contributed by atoms with Gasteiger partial charge in [0.2, 0.25) is 0 Å². The van der Waals surface area contributed by atoms with E-state index >= 15 is 0 Å². The summed E-state index contributed by atoms with van der Waals surface area (Å²) in [6.07, 6.45) is 3.69. The van der Waals surface area contributed by atoms with Crippen molar-refractivity contribution in [2.45, 2.75) is 51.4 Å². The van der Waals surface area contributed by atoms with E-state index in [2.05, 4.69) is 49.4 Å². The summed E-state index contributed by atoms with van der Waals surface area (Å²) in [6, 6.07) is 25.9. The van der Waals surface area contributed by atoms with Crippen LogP contribution < -0.4 is 9.62 Å². The second-order valence-corrected chi connectivity index (χ2v) is 14.7. The number of hydrogen-bond donors (Lipinski definition) is 2. The fraction of sp³-hybridized carbons (Fsp3) is 0.243. The van der Waals surface area contributed by atoms with Crippen LogP contribution in [0.5, 0.6) is 0 Å². The van der Waals surface area contributed by atoms with Gasteiger partial charge in [0.25, 0.3) is 10.0 Å². The van der Waals surface area contributed by atoms with Crippen LogP contribution in [-0.2, 0) is 20.9 Å². The first kappa shape index (κ1) is 30.3. The molecule has 0 atom stereocenters. The molecule has 0 fully saturated rings. The molecule has 0 aromatic heterocycles. The molecule has 0 unspecified atom stereocenters. The van der Waals surface area contributed by atoms with Gasteiger partial charge in [0, 0.05) is 18.2 Å². The number of aromatic carboxylic acids is 1. The maximum absolute atomic E-state index is 13.0. The molecule has 6 rings (SSSR count). The van der Waals surface area contributed by atoms with Gasteiger partial charge in [0.15, 0.2) is 0 Å². The number of sulfonamides is 1. The molecule has 4 aromatic rings. The van der Waals surface area contributed by atoms with Crippen LogP contribution in [0.3, 0.4) is 0 Å². The molecule has 1 heterocycles. The van der Waals surface area contributed by atoms with Crippen molar-refractivity contribution in [2.24, 2.45) is 4.99 Å². The molecule has 0 saturated heterocycles. The summed E-state index contributed by atoms with van der Waals surface area (Å²) < 4.78 is 28.7. The number of benzene rings is 4. The van der Waals surface area contributed by atoms with Crippen molar-refractivity contribution in [2.75, 3.05) is 16.7 Å². The second-order valence-electron chi connectivity index (χ2n) is 13.1. The Morgan fingerprint density at radius 1 is 0.867 bits per heavy atom. The molecule has 0 radical (unpaired) electrons. The Morgan fingerprint density at radius 2 is 1.51 bits per heavy atom. The van der Waals surface area contributed by atoms with E-state index in [1.165, 1.54) is 11.1 Å². The number of aliphatic imine (C=N–C) groups is 1. The fourth-order valence-electron chi connectivity index (χ4n) is 6.26. The van der Waals surface area contributed by atoms with Crippen LogP contribution >= 0.6 is 0 Å². The van der Waals surface area contributed by atoms with Gasteiger partial charge in [-0.05, 0) is 88.9 Å². The number of fused-ring (bicyclic) bond motifs is 3. The number of anilines is 3. The third kappa shape index (κ3) is 5.90. The van der Waals surface area contributed by atoms with E-state index < -0.39 is 16.0 Å². The van der Waals surface area contributed by atoms with E-state index in [9.17, 15) is 18.3 Å². The van der Waals surface area contributed by atoms with Crippen molar-refractivity contribution >= 4 is 50.5 Å². The van der Waals surface area contributed by atoms with Gasteiger partial charge in [0.05, 0.1) is 39.4 Å². The van der Waals surface area contributed by atoms with Crippen LogP contribution in [0.25, 0.3) is 6.08 Å². The van der Waals surface area contributed by atoms with Gasteiger partial charge in [-0.2, -0.15) is 0 Å². The largest absolute Gasteiger partial charge is 0.478 e. The normalized spacial score (nSPS) is 16.6. The number of carboxylic acid groups (broad SMARTS) is 1. The Hall–Kier alpha value is -4.69. The zero-order valence-electron chi connectivity index (χ0n) is 26.1. The zero-order valence-corrected chi connectivity index (χ0v) is 26.9. The maximum Gasteiger partial charge on any atom is 0.335 e. The molecule has 1 aliphatic carbocycles. The van der Waals surface area contributed by atoms with Gasteiger partial charge in [-0.15, -0.1) is 0 Å². The first-order valence-electron chi connectivity index (χ1n) is 15.0. The quantitative estimate of drug-likeness (QED) is 0.226. The van der Waals surface area contributed by atoms with Gasteiger partial charge in [-0.1, -0.05) is 70.2 Å². The van der Waals surface area contributed by atoms with E-state index in [4.69, 9.17) is 4.99 Å². The lowest BCUT2D eigenvalue weighted by atomic mass is 9.62. The molecule has 0 amide bonds. The molecular formula is C37H37N3O4S. The van der Waals surface area contributed by atoms with Crippen molar-refractivity contribution < 1.29 is 18.3 Å². The second kappa shape index (κ2) is 11.0. The van der Waals surface area contributed by atoms with Crippen molar-refractivity contribution in [1.29, 1.82) is 0 Å². The summed E-state index contributed by atoms with van der Waals surface area (Å²) in [6.45, 7) is 9.15. The zero-order chi connectivity index (χ0) is 32.1. The molecule has 1 aliphatic heterocycles. The minimum Gasteiger partial charge on any atom is -0.478 e. The first-order valence-corrected chi connectivity index (χ1v) is 16.5. The number of hydrogen-bond acceptors (Lipinski definition) is 5. The van der Waals surface area contributed by atoms with Gasteiger partial charge < -0.3 is 10.0 Å². The first-order chi connectivity index (χ1) is 21.2. The van der Waals surface area contributed by atoms with E-state index in [-0.39, 0.29) is 16.4 Å². The molecular weight excluding hydrogens is 582 g/mol. The van der Waals surface area contributed by atoms with Crippen LogP contribution in [0.1, 0.15) is 78.7 Å². The highest BCUT2D eigenvalue weighted by Gasteiger charge is 2.39. The van der Waals surface area contributed by atoms with Gasteiger partial charge in [-0.3, -0.25) is 4.72 Å². The van der Waals surface area contributed by atoms with Gasteiger partial charge in [-0.25, -0.2) is 18.2 Å². The number of carbonyl (C=O) groups is 1. The summed E-state index contributed by atoms with van der Waals surface area (Å²) in [7, 11) is -1.80. The third-order valence-electron chi connectivity index (χ3n) is 9.06. The average Bonchev–Trinajstić information content (AvgIpc) is 3.12. The highest BCUT2D eigenvalue weighted by Crippen LogP contribution is 2.50. The maximum atomic E-state index is 13.0. The molecule has 2 N–H and O–H groups in total. The average molecular weight is 620 g/mol. The van der Waals surface area contributed by atoms with Crippen molar-refractivity contribution in [3.8, 4) is 0 Å². The number of nitrogens with one attached hydrogen (secondary N) is 1. The Bertz CT molecular complexity index is 1980. The van der Waals surface area contributed by atoms with Crippen molar-refractivity contribution in [3.05, 3.63) is 124 Å². The van der Waals surface area contributed by atoms with Crippen LogP contribution in [0.2, 0.25) is 0 Å². The molecule has 0 bridgehead atoms. The van der Waals surface area contributed by atoms with E-state index in [1.54, 1.807) is 42.5 Å². The predicted molar refractivity (Wildman–Crippen MR) is 183 cm³/mol. The summed E-state index contributed by atoms with van der Waals surface area (Å²) >= 11 is 0. The van der Waals surface area contributed by atoms with Crippen LogP contribution in [-0.4, -0.2) is 32.3 Å². The van der Waals surface area contributed by atoms with Gasteiger partial charge in [0.1, 0.15) is 0 Å². The highest BCUT2D eigenvalue weighted by atomic mass is 32.2. The van der Waals surface area contributed by atoms with Crippen molar-refractivity contribution in [3.63, 3.8) is 0 Å². The Balaban J connectivity index is 1.50. The number of carboxylic acids is 1. The Labute approximate surface area is 265 Å².